The number of piperidine rings is 1. The molecule has 1 saturated heterocycles. The molecule has 2 rings (SSSR count). The topological polar surface area (TPSA) is 41.9 Å². The number of hydrogen-bond donors (Lipinski definition) is 1. The number of nitrogens with zero attached hydrogens (tertiary/aromatic N) is 1. The number of benzene rings is 1. The molecule has 2 atom stereocenters. The van der Waals surface area contributed by atoms with Crippen LogP contribution in [0.5, 0.6) is 11.5 Å². The predicted molar refractivity (Wildman–Crippen MR) is 82.2 cm³/mol. The van der Waals surface area contributed by atoms with Crippen LogP contribution < -0.4 is 4.74 Å². The SMILES string of the molecule is COc1cc(CN2CCC(C)C(OC)C2)cc(Br)c1O. The molecule has 1 aromatic rings. The molecule has 1 aromatic carbocycles. The van der Waals surface area contributed by atoms with Gasteiger partial charge in [-0.3, -0.25) is 4.90 Å². The molecular formula is C15H22BrNO3. The van der Waals surface area contributed by atoms with Gasteiger partial charge in [-0.15, -0.1) is 0 Å². The summed E-state index contributed by atoms with van der Waals surface area (Å²) < 4.78 is 11.4. The Morgan fingerprint density at radius 1 is 1.40 bits per heavy atom. The first kappa shape index (κ1) is 15.6. The summed E-state index contributed by atoms with van der Waals surface area (Å²) in [5, 5.41) is 9.84. The highest BCUT2D eigenvalue weighted by molar-refractivity contribution is 9.10. The summed E-state index contributed by atoms with van der Waals surface area (Å²) in [7, 11) is 3.35. The molecule has 1 aliphatic rings. The van der Waals surface area contributed by atoms with Gasteiger partial charge in [-0.2, -0.15) is 0 Å². The lowest BCUT2D eigenvalue weighted by Crippen LogP contribution is -2.43. The summed E-state index contributed by atoms with van der Waals surface area (Å²) >= 11 is 3.36. The molecular weight excluding hydrogens is 322 g/mol. The first-order valence-corrected chi connectivity index (χ1v) is 7.65. The van der Waals surface area contributed by atoms with E-state index < -0.39 is 0 Å². The van der Waals surface area contributed by atoms with E-state index in [1.54, 1.807) is 14.2 Å². The van der Waals surface area contributed by atoms with Crippen LogP contribution in [-0.2, 0) is 11.3 Å². The maximum Gasteiger partial charge on any atom is 0.172 e. The number of aromatic hydroxyl groups is 1. The van der Waals surface area contributed by atoms with Crippen LogP contribution in [0.15, 0.2) is 16.6 Å². The van der Waals surface area contributed by atoms with Gasteiger partial charge in [-0.25, -0.2) is 0 Å². The van der Waals surface area contributed by atoms with E-state index in [1.165, 1.54) is 0 Å². The van der Waals surface area contributed by atoms with Crippen molar-refractivity contribution < 1.29 is 14.6 Å². The molecule has 20 heavy (non-hydrogen) atoms. The maximum absolute atomic E-state index is 9.84. The van der Waals surface area contributed by atoms with Crippen molar-refractivity contribution in [3.8, 4) is 11.5 Å². The first-order valence-electron chi connectivity index (χ1n) is 6.85. The second-order valence-corrected chi connectivity index (χ2v) is 6.26. The zero-order chi connectivity index (χ0) is 14.7. The molecule has 0 saturated carbocycles. The third kappa shape index (κ3) is 3.45. The van der Waals surface area contributed by atoms with Crippen LogP contribution in [0, 0.1) is 5.92 Å². The predicted octanol–water partition coefficient (Wildman–Crippen LogP) is 3.02. The van der Waals surface area contributed by atoms with Gasteiger partial charge in [0.2, 0.25) is 0 Å². The fraction of sp³-hybridized carbons (Fsp3) is 0.600. The van der Waals surface area contributed by atoms with Crippen molar-refractivity contribution in [2.75, 3.05) is 27.3 Å². The number of methoxy groups -OCH3 is 2. The third-order valence-electron chi connectivity index (χ3n) is 3.99. The molecule has 1 heterocycles. The second kappa shape index (κ2) is 6.78. The van der Waals surface area contributed by atoms with Gasteiger partial charge in [-0.05, 0) is 52.5 Å². The van der Waals surface area contributed by atoms with E-state index in [0.29, 0.717) is 22.2 Å². The van der Waals surface area contributed by atoms with Crippen LogP contribution in [0.4, 0.5) is 0 Å². The summed E-state index contributed by atoms with van der Waals surface area (Å²) in [6.07, 6.45) is 1.45. The van der Waals surface area contributed by atoms with Crippen LogP contribution in [-0.4, -0.2) is 43.4 Å². The average Bonchev–Trinajstić information content (AvgIpc) is 2.44. The van der Waals surface area contributed by atoms with Gasteiger partial charge < -0.3 is 14.6 Å². The molecule has 0 aliphatic carbocycles. The van der Waals surface area contributed by atoms with E-state index >= 15 is 0 Å². The van der Waals surface area contributed by atoms with E-state index in [2.05, 4.69) is 27.8 Å². The Morgan fingerprint density at radius 2 is 2.15 bits per heavy atom. The van der Waals surface area contributed by atoms with Gasteiger partial charge >= 0.3 is 0 Å². The Morgan fingerprint density at radius 3 is 2.80 bits per heavy atom. The zero-order valence-electron chi connectivity index (χ0n) is 12.2. The van der Waals surface area contributed by atoms with Crippen molar-refractivity contribution in [1.29, 1.82) is 0 Å². The number of phenolic OH excluding ortho intramolecular Hbond substituents is 1. The second-order valence-electron chi connectivity index (χ2n) is 5.40. The third-order valence-corrected chi connectivity index (χ3v) is 4.60. The highest BCUT2D eigenvalue weighted by atomic mass is 79.9. The summed E-state index contributed by atoms with van der Waals surface area (Å²) in [6.45, 7) is 5.09. The van der Waals surface area contributed by atoms with Gasteiger partial charge in [0.25, 0.3) is 0 Å². The zero-order valence-corrected chi connectivity index (χ0v) is 13.8. The Labute approximate surface area is 128 Å². The lowest BCUT2D eigenvalue weighted by Gasteiger charge is -2.36. The smallest absolute Gasteiger partial charge is 0.172 e. The highest BCUT2D eigenvalue weighted by Gasteiger charge is 2.26. The lowest BCUT2D eigenvalue weighted by atomic mass is 9.95. The first-order chi connectivity index (χ1) is 9.55. The fourth-order valence-electron chi connectivity index (χ4n) is 2.68. The molecule has 112 valence electrons. The normalized spacial score (nSPS) is 23.8. The standard InChI is InChI=1S/C15H22BrNO3/c1-10-4-5-17(9-14(10)20-3)8-11-6-12(16)15(18)13(7-11)19-2/h6-7,10,14,18H,4-5,8-9H2,1-3H3. The molecule has 2 unspecified atom stereocenters. The van der Waals surface area contributed by atoms with Crippen molar-refractivity contribution in [2.45, 2.75) is 26.0 Å². The number of halogens is 1. The van der Waals surface area contributed by atoms with E-state index in [0.717, 1.165) is 31.6 Å². The Hall–Kier alpha value is -0.780. The molecule has 0 radical (unpaired) electrons. The Kier molecular flexibility index (Phi) is 5.29. The van der Waals surface area contributed by atoms with E-state index in [4.69, 9.17) is 9.47 Å². The molecule has 0 bridgehead atoms. The van der Waals surface area contributed by atoms with Crippen LogP contribution in [0.25, 0.3) is 0 Å². The van der Waals surface area contributed by atoms with Crippen LogP contribution in [0.3, 0.4) is 0 Å². The molecule has 0 aromatic heterocycles. The van der Waals surface area contributed by atoms with Gasteiger partial charge in [0.1, 0.15) is 0 Å². The molecule has 1 N–H and O–H groups in total. The molecule has 5 heteroatoms. The largest absolute Gasteiger partial charge is 0.503 e. The van der Waals surface area contributed by atoms with E-state index in [-0.39, 0.29) is 5.75 Å². The number of phenols is 1. The van der Waals surface area contributed by atoms with Crippen molar-refractivity contribution in [3.05, 3.63) is 22.2 Å². The fourth-order valence-corrected chi connectivity index (χ4v) is 3.17. The minimum absolute atomic E-state index is 0.151. The summed E-state index contributed by atoms with van der Waals surface area (Å²) in [5.41, 5.74) is 1.12. The molecule has 4 nitrogen and oxygen atoms in total. The van der Waals surface area contributed by atoms with Gasteiger partial charge in [0.15, 0.2) is 11.5 Å². The molecule has 0 amide bonds. The number of ether oxygens (including phenoxy) is 2. The summed E-state index contributed by atoms with van der Waals surface area (Å²) in [6, 6.07) is 3.83. The summed E-state index contributed by atoms with van der Waals surface area (Å²) in [4.78, 5) is 2.38. The van der Waals surface area contributed by atoms with E-state index in [1.807, 2.05) is 12.1 Å². The van der Waals surface area contributed by atoms with Crippen molar-refractivity contribution in [1.82, 2.24) is 4.90 Å². The van der Waals surface area contributed by atoms with Crippen LogP contribution >= 0.6 is 15.9 Å². The summed E-state index contributed by atoms with van der Waals surface area (Å²) in [5.74, 6) is 1.26. The Balaban J connectivity index is 2.08. The quantitative estimate of drug-likeness (QED) is 0.912. The molecule has 1 aliphatic heterocycles. The van der Waals surface area contributed by atoms with Gasteiger partial charge in [-0.1, -0.05) is 6.92 Å². The van der Waals surface area contributed by atoms with Crippen molar-refractivity contribution in [2.24, 2.45) is 5.92 Å². The number of rotatable bonds is 4. The number of likely N-dealkylation sites (tertiary alicyclic amines) is 1. The van der Waals surface area contributed by atoms with Crippen LogP contribution in [0.2, 0.25) is 0 Å². The Bertz CT molecular complexity index is 467. The van der Waals surface area contributed by atoms with Gasteiger partial charge in [0.05, 0.1) is 17.7 Å². The maximum atomic E-state index is 9.84. The molecule has 0 spiro atoms. The lowest BCUT2D eigenvalue weighted by molar-refractivity contribution is -0.00746. The van der Waals surface area contributed by atoms with Crippen molar-refractivity contribution in [3.63, 3.8) is 0 Å². The minimum atomic E-state index is 0.151. The molecule has 1 fully saturated rings. The van der Waals surface area contributed by atoms with Crippen LogP contribution in [0.1, 0.15) is 18.9 Å². The van der Waals surface area contributed by atoms with E-state index in [9.17, 15) is 5.11 Å². The number of hydrogen-bond acceptors (Lipinski definition) is 4. The van der Waals surface area contributed by atoms with Crippen molar-refractivity contribution >= 4 is 15.9 Å². The minimum Gasteiger partial charge on any atom is -0.503 e. The average molecular weight is 344 g/mol. The van der Waals surface area contributed by atoms with Gasteiger partial charge in [0, 0.05) is 20.2 Å². The highest BCUT2D eigenvalue weighted by Crippen LogP contribution is 2.35. The monoisotopic (exact) mass is 343 g/mol.